The lowest BCUT2D eigenvalue weighted by Crippen LogP contribution is -2.37. The van der Waals surface area contributed by atoms with Gasteiger partial charge in [-0.15, -0.1) is 0 Å². The Labute approximate surface area is 79.2 Å². The molecule has 0 aromatic carbocycles. The first-order valence-corrected chi connectivity index (χ1v) is 5.69. The van der Waals surface area contributed by atoms with Gasteiger partial charge in [0.05, 0.1) is 12.3 Å². The molecule has 1 N–H and O–H groups in total. The Bertz CT molecular complexity index is 261. The van der Waals surface area contributed by atoms with Gasteiger partial charge in [-0.3, -0.25) is 4.79 Å². The highest BCUT2D eigenvalue weighted by Gasteiger charge is 2.18. The summed E-state index contributed by atoms with van der Waals surface area (Å²) in [6.07, 6.45) is 0.556. The Hall–Kier alpha value is -0.620. The van der Waals surface area contributed by atoms with Crippen molar-refractivity contribution in [2.75, 3.05) is 26.4 Å². The zero-order valence-corrected chi connectivity index (χ0v) is 9.02. The highest BCUT2D eigenvalue weighted by atomic mass is 32.2. The normalized spacial score (nSPS) is 11.7. The third kappa shape index (κ3) is 4.23. The molecule has 0 aromatic rings. The fourth-order valence-corrected chi connectivity index (χ4v) is 1.93. The maximum atomic E-state index is 11.3. The Balaban J connectivity index is 4.25. The molecule has 0 unspecified atom stereocenters. The van der Waals surface area contributed by atoms with Crippen LogP contribution in [0.3, 0.4) is 0 Å². The molecular formula is C7H16N2O3S. The largest absolute Gasteiger partial charge is 0.358 e. The summed E-state index contributed by atoms with van der Waals surface area (Å²) >= 11 is 0. The minimum Gasteiger partial charge on any atom is -0.358 e. The van der Waals surface area contributed by atoms with Crippen LogP contribution in [-0.4, -0.2) is 45.0 Å². The first-order chi connectivity index (χ1) is 5.94. The van der Waals surface area contributed by atoms with Crippen LogP contribution in [0.25, 0.3) is 0 Å². The molecule has 0 heterocycles. The van der Waals surface area contributed by atoms with E-state index in [0.29, 0.717) is 6.42 Å². The van der Waals surface area contributed by atoms with E-state index in [1.165, 1.54) is 14.1 Å². The summed E-state index contributed by atoms with van der Waals surface area (Å²) in [6, 6.07) is 0. The number of carbonyl (C=O) groups is 1. The van der Waals surface area contributed by atoms with E-state index < -0.39 is 10.0 Å². The van der Waals surface area contributed by atoms with Crippen LogP contribution in [0.4, 0.5) is 0 Å². The molecule has 0 saturated carbocycles. The lowest BCUT2D eigenvalue weighted by molar-refractivity contribution is -0.120. The van der Waals surface area contributed by atoms with Gasteiger partial charge in [0.2, 0.25) is 15.9 Å². The van der Waals surface area contributed by atoms with Gasteiger partial charge in [0, 0.05) is 14.1 Å². The van der Waals surface area contributed by atoms with E-state index in [1.54, 1.807) is 6.92 Å². The number of nitrogens with zero attached hydrogens (tertiary/aromatic N) is 1. The SMILES string of the molecule is CCCS(=O)(=O)N(C)CC(=O)NC. The van der Waals surface area contributed by atoms with Crippen molar-refractivity contribution in [2.24, 2.45) is 0 Å². The fourth-order valence-electron chi connectivity index (χ4n) is 0.793. The van der Waals surface area contributed by atoms with E-state index in [1.807, 2.05) is 0 Å². The lowest BCUT2D eigenvalue weighted by Gasteiger charge is -2.15. The number of likely N-dealkylation sites (N-methyl/N-ethyl adjacent to an activating group) is 2. The van der Waals surface area contributed by atoms with Crippen LogP contribution in [-0.2, 0) is 14.8 Å². The molecule has 78 valence electrons. The highest BCUT2D eigenvalue weighted by molar-refractivity contribution is 7.89. The second kappa shape index (κ2) is 5.18. The third-order valence-electron chi connectivity index (χ3n) is 1.58. The van der Waals surface area contributed by atoms with E-state index in [0.717, 1.165) is 4.31 Å². The van der Waals surface area contributed by atoms with Crippen LogP contribution in [0.1, 0.15) is 13.3 Å². The first kappa shape index (κ1) is 12.4. The van der Waals surface area contributed by atoms with Crippen molar-refractivity contribution in [1.29, 1.82) is 0 Å². The van der Waals surface area contributed by atoms with Crippen LogP contribution in [0.5, 0.6) is 0 Å². The van der Waals surface area contributed by atoms with Gasteiger partial charge in [-0.2, -0.15) is 4.31 Å². The zero-order valence-electron chi connectivity index (χ0n) is 8.20. The number of nitrogens with one attached hydrogen (secondary N) is 1. The summed E-state index contributed by atoms with van der Waals surface area (Å²) in [5.41, 5.74) is 0. The molecule has 6 heteroatoms. The fraction of sp³-hybridized carbons (Fsp3) is 0.857. The maximum absolute atomic E-state index is 11.3. The molecule has 0 bridgehead atoms. The molecule has 0 saturated heterocycles. The highest BCUT2D eigenvalue weighted by Crippen LogP contribution is 1.99. The molecule has 0 aliphatic carbocycles. The monoisotopic (exact) mass is 208 g/mol. The second-order valence-corrected chi connectivity index (χ2v) is 4.94. The van der Waals surface area contributed by atoms with Crippen molar-refractivity contribution in [3.8, 4) is 0 Å². The Morgan fingerprint density at radius 3 is 2.38 bits per heavy atom. The Morgan fingerprint density at radius 1 is 1.46 bits per heavy atom. The summed E-state index contributed by atoms with van der Waals surface area (Å²) in [6.45, 7) is 1.67. The van der Waals surface area contributed by atoms with Gasteiger partial charge in [0.15, 0.2) is 0 Å². The predicted octanol–water partition coefficient (Wildman–Crippen LogP) is -0.596. The number of carbonyl (C=O) groups excluding carboxylic acids is 1. The molecule has 0 fully saturated rings. The molecule has 0 rings (SSSR count). The van der Waals surface area contributed by atoms with Crippen molar-refractivity contribution < 1.29 is 13.2 Å². The minimum absolute atomic E-state index is 0.0838. The Morgan fingerprint density at radius 2 is 2.00 bits per heavy atom. The van der Waals surface area contributed by atoms with E-state index in [2.05, 4.69) is 5.32 Å². The van der Waals surface area contributed by atoms with Crippen molar-refractivity contribution in [3.63, 3.8) is 0 Å². The molecule has 0 atom stereocenters. The van der Waals surface area contributed by atoms with Crippen LogP contribution in [0.2, 0.25) is 0 Å². The molecule has 0 radical (unpaired) electrons. The van der Waals surface area contributed by atoms with Crippen molar-refractivity contribution in [3.05, 3.63) is 0 Å². The van der Waals surface area contributed by atoms with Gasteiger partial charge in [-0.25, -0.2) is 8.42 Å². The van der Waals surface area contributed by atoms with Crippen LogP contribution in [0.15, 0.2) is 0 Å². The Kier molecular flexibility index (Phi) is 4.94. The quantitative estimate of drug-likeness (QED) is 0.656. The summed E-state index contributed by atoms with van der Waals surface area (Å²) in [5, 5.41) is 2.37. The molecule has 13 heavy (non-hydrogen) atoms. The first-order valence-electron chi connectivity index (χ1n) is 4.08. The van der Waals surface area contributed by atoms with E-state index >= 15 is 0 Å². The summed E-state index contributed by atoms with van der Waals surface area (Å²) in [4.78, 5) is 10.9. The lowest BCUT2D eigenvalue weighted by atomic mass is 10.6. The third-order valence-corrected chi connectivity index (χ3v) is 3.59. The average molecular weight is 208 g/mol. The zero-order chi connectivity index (χ0) is 10.5. The smallest absolute Gasteiger partial charge is 0.235 e. The molecule has 0 aliphatic heterocycles. The molecule has 0 aliphatic rings. The van der Waals surface area contributed by atoms with Gasteiger partial charge in [0.25, 0.3) is 0 Å². The number of sulfonamides is 1. The molecule has 0 aromatic heterocycles. The number of rotatable bonds is 5. The molecule has 1 amide bonds. The van der Waals surface area contributed by atoms with Crippen LogP contribution in [0, 0.1) is 0 Å². The van der Waals surface area contributed by atoms with E-state index in [-0.39, 0.29) is 18.2 Å². The van der Waals surface area contributed by atoms with Gasteiger partial charge in [-0.1, -0.05) is 6.92 Å². The summed E-state index contributed by atoms with van der Waals surface area (Å²) < 4.78 is 23.7. The van der Waals surface area contributed by atoms with Gasteiger partial charge in [-0.05, 0) is 6.42 Å². The molecule has 5 nitrogen and oxygen atoms in total. The molecular weight excluding hydrogens is 192 g/mol. The predicted molar refractivity (Wildman–Crippen MR) is 50.8 cm³/mol. The van der Waals surface area contributed by atoms with Crippen molar-refractivity contribution in [2.45, 2.75) is 13.3 Å². The summed E-state index contributed by atoms with van der Waals surface area (Å²) in [5.74, 6) is -0.220. The summed E-state index contributed by atoms with van der Waals surface area (Å²) in [7, 11) is -0.365. The maximum Gasteiger partial charge on any atom is 0.235 e. The van der Waals surface area contributed by atoms with Gasteiger partial charge >= 0.3 is 0 Å². The van der Waals surface area contributed by atoms with Gasteiger partial charge < -0.3 is 5.32 Å². The van der Waals surface area contributed by atoms with Crippen LogP contribution < -0.4 is 5.32 Å². The van der Waals surface area contributed by atoms with Crippen molar-refractivity contribution in [1.82, 2.24) is 9.62 Å². The number of hydrogen-bond acceptors (Lipinski definition) is 3. The van der Waals surface area contributed by atoms with Gasteiger partial charge in [0.1, 0.15) is 0 Å². The minimum atomic E-state index is -3.24. The van der Waals surface area contributed by atoms with E-state index in [4.69, 9.17) is 0 Å². The van der Waals surface area contributed by atoms with E-state index in [9.17, 15) is 13.2 Å². The topological polar surface area (TPSA) is 66.5 Å². The van der Waals surface area contributed by atoms with Crippen molar-refractivity contribution >= 4 is 15.9 Å². The number of hydrogen-bond donors (Lipinski definition) is 1. The average Bonchev–Trinajstić information content (AvgIpc) is 2.04. The standard InChI is InChI=1S/C7H16N2O3S/c1-4-5-13(11,12)9(3)6-7(10)8-2/h4-6H2,1-3H3,(H,8,10). The number of amides is 1. The van der Waals surface area contributed by atoms with Crippen LogP contribution >= 0.6 is 0 Å². The molecule has 0 spiro atoms. The second-order valence-electron chi connectivity index (χ2n) is 2.75.